The Labute approximate surface area is 114 Å². The van der Waals surface area contributed by atoms with Gasteiger partial charge in [-0.2, -0.15) is 0 Å². The van der Waals surface area contributed by atoms with Gasteiger partial charge in [0.25, 0.3) is 0 Å². The zero-order chi connectivity index (χ0) is 14.7. The molecule has 6 heteroatoms. The van der Waals surface area contributed by atoms with Gasteiger partial charge in [-0.15, -0.1) is 0 Å². The average Bonchev–Trinajstić information content (AvgIpc) is 2.35. The maximum absolute atomic E-state index is 12.0. The highest BCUT2D eigenvalue weighted by atomic mass is 16.6. The molecule has 6 nitrogen and oxygen atoms in total. The molecule has 1 amide bonds. The fourth-order valence-electron chi connectivity index (χ4n) is 2.20. The van der Waals surface area contributed by atoms with Gasteiger partial charge in [0.05, 0.1) is 13.2 Å². The van der Waals surface area contributed by atoms with E-state index in [1.807, 2.05) is 20.8 Å². The van der Waals surface area contributed by atoms with Crippen LogP contribution in [0.2, 0.25) is 0 Å². The summed E-state index contributed by atoms with van der Waals surface area (Å²) in [5, 5.41) is 9.51. The number of rotatable bonds is 3. The van der Waals surface area contributed by atoms with Crippen molar-refractivity contribution in [2.24, 2.45) is 0 Å². The van der Waals surface area contributed by atoms with Crippen molar-refractivity contribution in [3.63, 3.8) is 0 Å². The lowest BCUT2D eigenvalue weighted by atomic mass is 9.89. The molecule has 0 aromatic carbocycles. The van der Waals surface area contributed by atoms with E-state index >= 15 is 0 Å². The highest BCUT2D eigenvalue weighted by molar-refractivity contribution is 5.68. The summed E-state index contributed by atoms with van der Waals surface area (Å²) in [5.74, 6) is 0. The summed E-state index contributed by atoms with van der Waals surface area (Å²) < 4.78 is 16.1. The van der Waals surface area contributed by atoms with Gasteiger partial charge in [-0.1, -0.05) is 0 Å². The van der Waals surface area contributed by atoms with Crippen molar-refractivity contribution in [3.05, 3.63) is 0 Å². The van der Waals surface area contributed by atoms with Crippen LogP contribution in [-0.4, -0.2) is 67.3 Å². The van der Waals surface area contributed by atoms with E-state index in [4.69, 9.17) is 14.2 Å². The molecule has 0 radical (unpaired) electrons. The second-order valence-corrected chi connectivity index (χ2v) is 5.83. The number of nitrogens with zero attached hydrogens (tertiary/aromatic N) is 1. The number of aliphatic hydroxyl groups excluding tert-OH is 1. The molecule has 0 bridgehead atoms. The van der Waals surface area contributed by atoms with Crippen molar-refractivity contribution in [1.82, 2.24) is 4.90 Å². The molecule has 1 heterocycles. The van der Waals surface area contributed by atoms with Gasteiger partial charge in [-0.25, -0.2) is 4.79 Å². The number of aliphatic hydroxyl groups is 1. The van der Waals surface area contributed by atoms with E-state index in [-0.39, 0.29) is 18.8 Å². The van der Waals surface area contributed by atoms with Crippen LogP contribution in [0.15, 0.2) is 0 Å². The van der Waals surface area contributed by atoms with Gasteiger partial charge in [0.15, 0.2) is 0 Å². The summed E-state index contributed by atoms with van der Waals surface area (Å²) in [6.45, 7) is 6.18. The van der Waals surface area contributed by atoms with Gasteiger partial charge in [0, 0.05) is 20.8 Å². The van der Waals surface area contributed by atoms with Crippen molar-refractivity contribution < 1.29 is 24.1 Å². The Hall–Kier alpha value is -0.850. The highest BCUT2D eigenvalue weighted by Crippen LogP contribution is 2.28. The monoisotopic (exact) mass is 275 g/mol. The van der Waals surface area contributed by atoms with E-state index < -0.39 is 11.2 Å². The summed E-state index contributed by atoms with van der Waals surface area (Å²) in [4.78, 5) is 13.6. The van der Waals surface area contributed by atoms with Crippen molar-refractivity contribution >= 4 is 6.09 Å². The molecule has 1 saturated heterocycles. The predicted octanol–water partition coefficient (Wildman–Crippen LogP) is 1.02. The molecule has 112 valence electrons. The molecule has 0 aromatic heterocycles. The highest BCUT2D eigenvalue weighted by Gasteiger charge is 2.45. The molecule has 0 saturated carbocycles. The fourth-order valence-corrected chi connectivity index (χ4v) is 2.20. The Kier molecular flexibility index (Phi) is 5.18. The van der Waals surface area contributed by atoms with E-state index in [1.54, 1.807) is 19.1 Å². The van der Waals surface area contributed by atoms with E-state index in [9.17, 15) is 9.90 Å². The van der Waals surface area contributed by atoms with Gasteiger partial charge < -0.3 is 24.2 Å². The number of amides is 1. The summed E-state index contributed by atoms with van der Waals surface area (Å²) >= 11 is 0. The molecule has 1 aliphatic heterocycles. The summed E-state index contributed by atoms with van der Waals surface area (Å²) in [5.41, 5.74) is -1.26. The van der Waals surface area contributed by atoms with Gasteiger partial charge in [-0.3, -0.25) is 0 Å². The van der Waals surface area contributed by atoms with Crippen LogP contribution < -0.4 is 0 Å². The van der Waals surface area contributed by atoms with Crippen LogP contribution in [0.3, 0.4) is 0 Å². The van der Waals surface area contributed by atoms with Crippen LogP contribution in [0, 0.1) is 0 Å². The van der Waals surface area contributed by atoms with Gasteiger partial charge in [0.2, 0.25) is 0 Å². The lowest BCUT2D eigenvalue weighted by molar-refractivity contribution is -0.169. The smallest absolute Gasteiger partial charge is 0.410 e. The van der Waals surface area contributed by atoms with Crippen molar-refractivity contribution in [1.29, 1.82) is 0 Å². The number of carbonyl (C=O) groups is 1. The minimum atomic E-state index is -0.743. The molecule has 1 fully saturated rings. The Bertz CT molecular complexity index is 309. The number of hydrogen-bond donors (Lipinski definition) is 1. The Morgan fingerprint density at radius 3 is 2.47 bits per heavy atom. The first kappa shape index (κ1) is 16.2. The minimum absolute atomic E-state index is 0.135. The number of carbonyl (C=O) groups excluding carboxylic acids is 1. The largest absolute Gasteiger partial charge is 0.444 e. The standard InChI is InChI=1S/C13H25NO5/c1-12(2,3)19-11(16)14-7-6-13(9-15,18-5)10(8-14)17-4/h10,15H,6-9H2,1-5H3/t10-,13-/m1/s1. The lowest BCUT2D eigenvalue weighted by Crippen LogP contribution is -2.60. The lowest BCUT2D eigenvalue weighted by Gasteiger charge is -2.45. The van der Waals surface area contributed by atoms with Gasteiger partial charge in [0.1, 0.15) is 17.3 Å². The Balaban J connectivity index is 2.72. The first-order chi connectivity index (χ1) is 8.78. The maximum Gasteiger partial charge on any atom is 0.410 e. The second-order valence-electron chi connectivity index (χ2n) is 5.83. The van der Waals surface area contributed by atoms with Crippen molar-refractivity contribution in [2.45, 2.75) is 44.5 Å². The quantitative estimate of drug-likeness (QED) is 0.833. The zero-order valence-corrected chi connectivity index (χ0v) is 12.4. The average molecular weight is 275 g/mol. The summed E-state index contributed by atoms with van der Waals surface area (Å²) in [6.07, 6.45) is -0.224. The molecule has 2 atom stereocenters. The molecule has 1 N–H and O–H groups in total. The van der Waals surface area contributed by atoms with Crippen molar-refractivity contribution in [3.8, 4) is 0 Å². The number of likely N-dealkylation sites (tertiary alicyclic amines) is 1. The molecular weight excluding hydrogens is 250 g/mol. The topological polar surface area (TPSA) is 68.2 Å². The van der Waals surface area contributed by atoms with Crippen LogP contribution in [0.5, 0.6) is 0 Å². The van der Waals surface area contributed by atoms with E-state index in [0.717, 1.165) is 0 Å². The third-order valence-corrected chi connectivity index (χ3v) is 3.39. The molecule has 1 rings (SSSR count). The molecule has 0 spiro atoms. The summed E-state index contributed by atoms with van der Waals surface area (Å²) in [6, 6.07) is 0. The number of ether oxygens (including phenoxy) is 3. The van der Waals surface area contributed by atoms with Crippen LogP contribution >= 0.6 is 0 Å². The SMILES string of the molecule is CO[C@@H]1CN(C(=O)OC(C)(C)C)CC[C@]1(CO)OC. The molecule has 0 unspecified atom stereocenters. The first-order valence-electron chi connectivity index (χ1n) is 6.45. The number of piperidine rings is 1. The van der Waals surface area contributed by atoms with Crippen molar-refractivity contribution in [2.75, 3.05) is 33.9 Å². The molecular formula is C13H25NO5. The minimum Gasteiger partial charge on any atom is -0.444 e. The first-order valence-corrected chi connectivity index (χ1v) is 6.45. The fraction of sp³-hybridized carbons (Fsp3) is 0.923. The van der Waals surface area contributed by atoms with Crippen LogP contribution in [-0.2, 0) is 14.2 Å². The van der Waals surface area contributed by atoms with Crippen LogP contribution in [0.25, 0.3) is 0 Å². The Morgan fingerprint density at radius 1 is 1.42 bits per heavy atom. The molecule has 0 aromatic rings. The third kappa shape index (κ3) is 3.81. The van der Waals surface area contributed by atoms with Crippen LogP contribution in [0.4, 0.5) is 4.79 Å². The third-order valence-electron chi connectivity index (χ3n) is 3.39. The van der Waals surface area contributed by atoms with Gasteiger partial charge >= 0.3 is 6.09 Å². The normalized spacial score (nSPS) is 28.3. The zero-order valence-electron chi connectivity index (χ0n) is 12.4. The molecule has 1 aliphatic rings. The van der Waals surface area contributed by atoms with Gasteiger partial charge in [-0.05, 0) is 27.2 Å². The predicted molar refractivity (Wildman–Crippen MR) is 70.0 cm³/mol. The Morgan fingerprint density at radius 2 is 2.05 bits per heavy atom. The number of methoxy groups -OCH3 is 2. The van der Waals surface area contributed by atoms with E-state index in [2.05, 4.69) is 0 Å². The number of hydrogen-bond acceptors (Lipinski definition) is 5. The van der Waals surface area contributed by atoms with E-state index in [0.29, 0.717) is 19.5 Å². The molecule has 0 aliphatic carbocycles. The summed E-state index contributed by atoms with van der Waals surface area (Å²) in [7, 11) is 3.10. The van der Waals surface area contributed by atoms with Crippen LogP contribution in [0.1, 0.15) is 27.2 Å². The second kappa shape index (κ2) is 6.07. The van der Waals surface area contributed by atoms with E-state index in [1.165, 1.54) is 0 Å². The molecule has 19 heavy (non-hydrogen) atoms. The maximum atomic E-state index is 12.0.